The predicted molar refractivity (Wildman–Crippen MR) is 55.3 cm³/mol. The third kappa shape index (κ3) is 158. The topological polar surface area (TPSA) is 135 Å². The van der Waals surface area contributed by atoms with E-state index in [-0.39, 0.29) is 21.7 Å². The molecule has 7 nitrogen and oxygen atoms in total. The summed E-state index contributed by atoms with van der Waals surface area (Å²) in [4.78, 5) is 27.4. The Labute approximate surface area is 119 Å². The molecule has 0 rings (SSSR count). The summed E-state index contributed by atoms with van der Waals surface area (Å²) < 4.78 is 0. The van der Waals surface area contributed by atoms with Crippen LogP contribution in [0.15, 0.2) is 0 Å². The first-order chi connectivity index (χ1) is 7.81. The van der Waals surface area contributed by atoms with Gasteiger partial charge in [0, 0.05) is 39.5 Å². The van der Waals surface area contributed by atoms with Gasteiger partial charge in [-0.3, -0.25) is 0 Å². The van der Waals surface area contributed by atoms with E-state index in [0.29, 0.717) is 0 Å². The van der Waals surface area contributed by atoms with Crippen LogP contribution in [0.1, 0.15) is 0 Å². The summed E-state index contributed by atoms with van der Waals surface area (Å²) >= 11 is 0. The molecule has 0 saturated carbocycles. The number of rotatable bonds is 0. The van der Waals surface area contributed by atoms with Crippen molar-refractivity contribution in [3.63, 3.8) is 0 Å². The molecule has 0 atom stereocenters. The maximum Gasteiger partial charge on any atom is 0.381 e. The molecule has 3 N–H and O–H groups in total. The molecule has 0 aliphatic heterocycles. The molecule has 0 amide bonds. The van der Waals surface area contributed by atoms with Gasteiger partial charge >= 0.3 is 17.9 Å². The van der Waals surface area contributed by atoms with Crippen molar-refractivity contribution in [1.29, 1.82) is 0 Å². The zero-order valence-corrected chi connectivity index (χ0v) is 10.8. The molecule has 96 valence electrons. The van der Waals surface area contributed by atoms with Gasteiger partial charge in [0.1, 0.15) is 0 Å². The van der Waals surface area contributed by atoms with Crippen LogP contribution in [0.4, 0.5) is 0 Å². The number of terminal acetylenes is 3. The molecule has 18 heavy (non-hydrogen) atoms. The van der Waals surface area contributed by atoms with Crippen molar-refractivity contribution in [2.24, 2.45) is 0 Å². The van der Waals surface area contributed by atoms with Gasteiger partial charge < -0.3 is 20.4 Å². The minimum Gasteiger partial charge on any atom is -0.857 e. The molecule has 0 aromatic carbocycles. The Morgan fingerprint density at radius 3 is 0.833 bits per heavy atom. The van der Waals surface area contributed by atoms with E-state index in [9.17, 15) is 0 Å². The van der Waals surface area contributed by atoms with Crippen LogP contribution in [0, 0.1) is 37.0 Å². The van der Waals surface area contributed by atoms with Gasteiger partial charge in [-0.05, 0) is 0 Å². The van der Waals surface area contributed by atoms with Crippen molar-refractivity contribution in [3.05, 3.63) is 0 Å². The molecule has 8 heteroatoms. The molecule has 0 aromatic heterocycles. The maximum atomic E-state index is 9.13. The summed E-state index contributed by atoms with van der Waals surface area (Å²) in [5, 5.41) is 30.7. The van der Waals surface area contributed by atoms with Gasteiger partial charge in [0.25, 0.3) is 0 Å². The Morgan fingerprint density at radius 2 is 0.833 bits per heavy atom. The fourth-order valence-electron chi connectivity index (χ4n) is 0. The predicted octanol–water partition coefficient (Wildman–Crippen LogP) is -1.91. The number of carbonyl (C=O) groups is 3. The van der Waals surface area contributed by atoms with Crippen molar-refractivity contribution < 1.29 is 56.5 Å². The summed E-state index contributed by atoms with van der Waals surface area (Å²) in [5.74, 6) is 0.681. The molecule has 0 aromatic rings. The molecule has 0 heterocycles. The molecule has 0 aliphatic carbocycles. The first-order valence-electron chi connectivity index (χ1n) is 3.31. The Morgan fingerprint density at radius 1 is 0.778 bits per heavy atom. The zero-order valence-electron chi connectivity index (χ0n) is 9.21. The standard InChI is InChI=1S/3C3H2O2.CH3O.Ti/c3*1-2-3(4)5;1-2;/h3*1H,(H,4,5);1H3;/q;;;-1;. The van der Waals surface area contributed by atoms with E-state index in [1.807, 2.05) is 0 Å². The first-order valence-corrected chi connectivity index (χ1v) is 3.31. The van der Waals surface area contributed by atoms with Crippen molar-refractivity contribution in [1.82, 2.24) is 0 Å². The van der Waals surface area contributed by atoms with Crippen molar-refractivity contribution in [2.45, 2.75) is 0 Å². The van der Waals surface area contributed by atoms with Crippen molar-refractivity contribution in [2.75, 3.05) is 7.11 Å². The number of hydrogen-bond acceptors (Lipinski definition) is 4. The maximum absolute atomic E-state index is 9.13. The third-order valence-electron chi connectivity index (χ3n) is 0.370. The van der Waals surface area contributed by atoms with Gasteiger partial charge in [0.15, 0.2) is 0 Å². The molecule has 0 fully saturated rings. The molecular weight excluding hydrogens is 280 g/mol. The summed E-state index contributed by atoms with van der Waals surface area (Å²) in [6, 6.07) is 0. The van der Waals surface area contributed by atoms with Crippen molar-refractivity contribution in [3.8, 4) is 37.0 Å². The van der Waals surface area contributed by atoms with Crippen LogP contribution in [0.2, 0.25) is 0 Å². The van der Waals surface area contributed by atoms with Gasteiger partial charge in [-0.2, -0.15) is 7.11 Å². The second-order valence-electron chi connectivity index (χ2n) is 1.35. The second kappa shape index (κ2) is 29.3. The number of carboxylic acid groups (broad SMARTS) is 3. The number of aliphatic carboxylic acids is 3. The number of hydrogen-bond donors (Lipinski definition) is 3. The Bertz CT molecular complexity index is 297. The van der Waals surface area contributed by atoms with Gasteiger partial charge in [0.05, 0.1) is 0 Å². The molecule has 0 unspecified atom stereocenters. The molecule has 0 radical (unpaired) electrons. The van der Waals surface area contributed by atoms with Gasteiger partial charge in [-0.15, -0.1) is 19.3 Å². The minimum absolute atomic E-state index is 0. The van der Waals surface area contributed by atoms with Crippen LogP contribution in [-0.4, -0.2) is 40.3 Å². The van der Waals surface area contributed by atoms with Gasteiger partial charge in [0.2, 0.25) is 0 Å². The summed E-state index contributed by atoms with van der Waals surface area (Å²) in [7, 11) is 0.750. The fourth-order valence-corrected chi connectivity index (χ4v) is 0. The normalized spacial score (nSPS) is 4.83. The Balaban J connectivity index is -0.0000000427. The van der Waals surface area contributed by atoms with E-state index < -0.39 is 17.9 Å². The monoisotopic (exact) mass is 289 g/mol. The van der Waals surface area contributed by atoms with E-state index in [1.54, 1.807) is 0 Å². The Hall–Kier alpha value is -2.24. The summed E-state index contributed by atoms with van der Waals surface area (Å²) in [5.41, 5.74) is 0. The largest absolute Gasteiger partial charge is 0.857 e. The van der Waals surface area contributed by atoms with E-state index in [1.165, 1.54) is 17.8 Å². The zero-order chi connectivity index (χ0) is 14.9. The van der Waals surface area contributed by atoms with Crippen LogP contribution in [0.3, 0.4) is 0 Å². The quantitative estimate of drug-likeness (QED) is 0.349. The molecule has 0 spiro atoms. The van der Waals surface area contributed by atoms with E-state index in [2.05, 4.69) is 19.3 Å². The molecule has 0 saturated heterocycles. The van der Waals surface area contributed by atoms with Crippen LogP contribution in [-0.2, 0) is 36.1 Å². The van der Waals surface area contributed by atoms with E-state index in [4.69, 9.17) is 34.8 Å². The molecular formula is C10H9O7Ti-. The summed E-state index contributed by atoms with van der Waals surface area (Å²) in [6.45, 7) is 0. The smallest absolute Gasteiger partial charge is 0.381 e. The van der Waals surface area contributed by atoms with Crippen LogP contribution < -0.4 is 5.11 Å². The fraction of sp³-hybridized carbons (Fsp3) is 0.100. The van der Waals surface area contributed by atoms with E-state index >= 15 is 0 Å². The average Bonchev–Trinajstić information content (AvgIpc) is 2.32. The second-order valence-corrected chi connectivity index (χ2v) is 1.35. The van der Waals surface area contributed by atoms with Crippen LogP contribution in [0.25, 0.3) is 0 Å². The van der Waals surface area contributed by atoms with E-state index in [0.717, 1.165) is 7.11 Å². The first kappa shape index (κ1) is 29.7. The van der Waals surface area contributed by atoms with Gasteiger partial charge in [-0.25, -0.2) is 14.4 Å². The SMILES string of the molecule is C#CC(=O)O.C#CC(=O)O.C#CC(=O)O.C[O-].[Ti]. The number of carboxylic acids is 3. The minimum atomic E-state index is -1.22. The van der Waals surface area contributed by atoms with Crippen LogP contribution in [0.5, 0.6) is 0 Å². The molecule has 0 bridgehead atoms. The third-order valence-corrected chi connectivity index (χ3v) is 0.370. The average molecular weight is 289 g/mol. The molecule has 0 aliphatic rings. The van der Waals surface area contributed by atoms with Gasteiger partial charge in [-0.1, -0.05) is 0 Å². The summed E-state index contributed by atoms with van der Waals surface area (Å²) in [6.07, 6.45) is 13.0. The Kier molecular flexibility index (Phi) is 48.3. The van der Waals surface area contributed by atoms with Crippen LogP contribution >= 0.6 is 0 Å². The van der Waals surface area contributed by atoms with Crippen molar-refractivity contribution >= 4 is 17.9 Å².